The first kappa shape index (κ1) is 7.51. The van der Waals surface area contributed by atoms with Crippen LogP contribution in [0, 0.1) is 5.82 Å². The summed E-state index contributed by atoms with van der Waals surface area (Å²) < 4.78 is 12.3. The molecule has 0 saturated heterocycles. The number of hydrogen-bond acceptors (Lipinski definition) is 1. The van der Waals surface area contributed by atoms with Gasteiger partial charge in [-0.1, -0.05) is 12.1 Å². The molecule has 2 N–H and O–H groups in total. The van der Waals surface area contributed by atoms with Crippen LogP contribution in [0.4, 0.5) is 4.39 Å². The highest BCUT2D eigenvalue weighted by molar-refractivity contribution is 6.20. The fraction of sp³-hybridized carbons (Fsp3) is 0.143. The van der Waals surface area contributed by atoms with E-state index in [2.05, 4.69) is 0 Å². The molecule has 0 aromatic heterocycles. The predicted molar refractivity (Wildman–Crippen MR) is 39.2 cm³/mol. The van der Waals surface area contributed by atoms with E-state index in [9.17, 15) is 4.39 Å². The van der Waals surface area contributed by atoms with Crippen molar-refractivity contribution in [3.05, 3.63) is 35.6 Å². The zero-order valence-corrected chi connectivity index (χ0v) is 5.98. The molecule has 0 spiro atoms. The summed E-state index contributed by atoms with van der Waals surface area (Å²) in [5.74, 6) is -0.277. The summed E-state index contributed by atoms with van der Waals surface area (Å²) in [5, 5.41) is 0. The van der Waals surface area contributed by atoms with Crippen molar-refractivity contribution in [2.45, 2.75) is 5.50 Å². The van der Waals surface area contributed by atoms with Gasteiger partial charge in [0.2, 0.25) is 0 Å². The van der Waals surface area contributed by atoms with Crippen LogP contribution < -0.4 is 5.73 Å². The molecule has 1 aromatic rings. The van der Waals surface area contributed by atoms with E-state index in [4.69, 9.17) is 17.3 Å². The van der Waals surface area contributed by atoms with Crippen molar-refractivity contribution in [1.82, 2.24) is 0 Å². The molecule has 1 nitrogen and oxygen atoms in total. The topological polar surface area (TPSA) is 26.0 Å². The van der Waals surface area contributed by atoms with Gasteiger partial charge in [0.05, 0.1) is 0 Å². The minimum atomic E-state index is -0.541. The van der Waals surface area contributed by atoms with E-state index in [0.717, 1.165) is 5.56 Å². The Morgan fingerprint density at radius 2 is 1.80 bits per heavy atom. The average molecular weight is 160 g/mol. The smallest absolute Gasteiger partial charge is 0.123 e. The third kappa shape index (κ3) is 1.69. The molecule has 1 aromatic carbocycles. The molecule has 3 heteroatoms. The van der Waals surface area contributed by atoms with Crippen LogP contribution in [-0.4, -0.2) is 0 Å². The summed E-state index contributed by atoms with van der Waals surface area (Å²) >= 11 is 5.51. The third-order valence-corrected chi connectivity index (χ3v) is 1.44. The monoisotopic (exact) mass is 159 g/mol. The van der Waals surface area contributed by atoms with E-state index in [1.165, 1.54) is 12.1 Å². The highest BCUT2D eigenvalue weighted by Gasteiger charge is 1.99. The van der Waals surface area contributed by atoms with Crippen LogP contribution in [-0.2, 0) is 0 Å². The van der Waals surface area contributed by atoms with E-state index < -0.39 is 5.50 Å². The van der Waals surface area contributed by atoms with E-state index in [-0.39, 0.29) is 5.82 Å². The standard InChI is InChI=1S/C7H7ClFN/c8-7(10)5-1-3-6(9)4-2-5/h1-4,7H,10H2. The molecule has 1 rings (SSSR count). The van der Waals surface area contributed by atoms with E-state index in [1.54, 1.807) is 12.1 Å². The Morgan fingerprint density at radius 3 is 2.20 bits per heavy atom. The zero-order chi connectivity index (χ0) is 7.56. The van der Waals surface area contributed by atoms with E-state index in [0.29, 0.717) is 0 Å². The van der Waals surface area contributed by atoms with Gasteiger partial charge in [0.25, 0.3) is 0 Å². The molecule has 0 amide bonds. The maximum absolute atomic E-state index is 12.3. The van der Waals surface area contributed by atoms with Gasteiger partial charge in [0.15, 0.2) is 0 Å². The Labute approximate surface area is 63.6 Å². The van der Waals surface area contributed by atoms with Gasteiger partial charge in [-0.05, 0) is 17.7 Å². The SMILES string of the molecule is NC(Cl)c1ccc(F)cc1. The molecule has 0 bridgehead atoms. The minimum Gasteiger partial charge on any atom is -0.312 e. The van der Waals surface area contributed by atoms with Crippen molar-refractivity contribution < 1.29 is 4.39 Å². The van der Waals surface area contributed by atoms with Gasteiger partial charge in [0, 0.05) is 0 Å². The maximum Gasteiger partial charge on any atom is 0.123 e. The van der Waals surface area contributed by atoms with Gasteiger partial charge in [0.1, 0.15) is 11.3 Å². The molecular formula is C7H7ClFN. The van der Waals surface area contributed by atoms with Gasteiger partial charge in [-0.25, -0.2) is 4.39 Å². The molecule has 0 aliphatic heterocycles. The lowest BCUT2D eigenvalue weighted by atomic mass is 10.2. The van der Waals surface area contributed by atoms with Crippen molar-refractivity contribution in [3.63, 3.8) is 0 Å². The summed E-state index contributed by atoms with van der Waals surface area (Å²) in [4.78, 5) is 0. The Kier molecular flexibility index (Phi) is 2.25. The number of hydrogen-bond donors (Lipinski definition) is 1. The van der Waals surface area contributed by atoms with Crippen LogP contribution >= 0.6 is 11.6 Å². The lowest BCUT2D eigenvalue weighted by Crippen LogP contribution is -2.01. The van der Waals surface area contributed by atoms with Crippen LogP contribution in [0.2, 0.25) is 0 Å². The first-order chi connectivity index (χ1) is 4.70. The van der Waals surface area contributed by atoms with Crippen LogP contribution in [0.5, 0.6) is 0 Å². The van der Waals surface area contributed by atoms with Crippen LogP contribution in [0.25, 0.3) is 0 Å². The van der Waals surface area contributed by atoms with Gasteiger partial charge < -0.3 is 5.73 Å². The van der Waals surface area contributed by atoms with Crippen molar-refractivity contribution in [2.24, 2.45) is 5.73 Å². The molecule has 1 atom stereocenters. The second kappa shape index (κ2) is 2.99. The van der Waals surface area contributed by atoms with Crippen molar-refractivity contribution in [2.75, 3.05) is 0 Å². The summed E-state index contributed by atoms with van der Waals surface area (Å²) in [6.07, 6.45) is 0. The van der Waals surface area contributed by atoms with Gasteiger partial charge in [-0.2, -0.15) is 0 Å². The molecule has 0 heterocycles. The summed E-state index contributed by atoms with van der Waals surface area (Å²) in [6.45, 7) is 0. The fourth-order valence-corrected chi connectivity index (χ4v) is 0.792. The largest absolute Gasteiger partial charge is 0.312 e. The summed E-state index contributed by atoms with van der Waals surface area (Å²) in [7, 11) is 0. The average Bonchev–Trinajstić information content (AvgIpc) is 1.88. The molecule has 0 fully saturated rings. The Bertz CT molecular complexity index is 207. The quantitative estimate of drug-likeness (QED) is 0.493. The second-order valence-electron chi connectivity index (χ2n) is 1.95. The first-order valence-corrected chi connectivity index (χ1v) is 3.29. The number of rotatable bonds is 1. The number of nitrogens with two attached hydrogens (primary N) is 1. The van der Waals surface area contributed by atoms with E-state index in [1.807, 2.05) is 0 Å². The highest BCUT2D eigenvalue weighted by atomic mass is 35.5. The lowest BCUT2D eigenvalue weighted by Gasteiger charge is -2.00. The van der Waals surface area contributed by atoms with Crippen LogP contribution in [0.1, 0.15) is 11.1 Å². The van der Waals surface area contributed by atoms with Crippen LogP contribution in [0.15, 0.2) is 24.3 Å². The number of alkyl halides is 1. The number of halogens is 2. The Balaban J connectivity index is 2.89. The minimum absolute atomic E-state index is 0.277. The maximum atomic E-state index is 12.3. The molecule has 10 heavy (non-hydrogen) atoms. The van der Waals surface area contributed by atoms with E-state index >= 15 is 0 Å². The summed E-state index contributed by atoms with van der Waals surface area (Å²) in [6, 6.07) is 5.79. The highest BCUT2D eigenvalue weighted by Crippen LogP contribution is 2.13. The Hall–Kier alpha value is -0.600. The summed E-state index contributed by atoms with van der Waals surface area (Å²) in [5.41, 5.74) is 5.49. The normalized spacial score (nSPS) is 13.1. The third-order valence-electron chi connectivity index (χ3n) is 1.19. The molecule has 0 aliphatic carbocycles. The molecular weight excluding hydrogens is 153 g/mol. The zero-order valence-electron chi connectivity index (χ0n) is 5.22. The Morgan fingerprint density at radius 1 is 1.30 bits per heavy atom. The predicted octanol–water partition coefficient (Wildman–Crippen LogP) is 2.02. The first-order valence-electron chi connectivity index (χ1n) is 2.85. The van der Waals surface area contributed by atoms with Gasteiger partial charge >= 0.3 is 0 Å². The fourth-order valence-electron chi connectivity index (χ4n) is 0.647. The van der Waals surface area contributed by atoms with Crippen molar-refractivity contribution in [3.8, 4) is 0 Å². The lowest BCUT2D eigenvalue weighted by molar-refractivity contribution is 0.627. The molecule has 54 valence electrons. The molecule has 0 aliphatic rings. The molecule has 0 saturated carbocycles. The van der Waals surface area contributed by atoms with Crippen molar-refractivity contribution in [1.29, 1.82) is 0 Å². The number of benzene rings is 1. The van der Waals surface area contributed by atoms with Gasteiger partial charge in [-0.3, -0.25) is 0 Å². The molecule has 0 radical (unpaired) electrons. The van der Waals surface area contributed by atoms with Crippen molar-refractivity contribution >= 4 is 11.6 Å². The van der Waals surface area contributed by atoms with Crippen LogP contribution in [0.3, 0.4) is 0 Å². The molecule has 1 unspecified atom stereocenters. The van der Waals surface area contributed by atoms with Gasteiger partial charge in [-0.15, -0.1) is 11.6 Å². The second-order valence-corrected chi connectivity index (χ2v) is 2.42.